The minimum Gasteiger partial charge on any atom is -0.444 e. The Hall–Kier alpha value is -3.46. The maximum Gasteiger partial charge on any atom is 0.416 e. The van der Waals surface area contributed by atoms with E-state index in [1.54, 1.807) is 11.1 Å². The number of cyclic esters (lactones) is 1. The molecule has 1 N–H and O–H groups in total. The first kappa shape index (κ1) is 26.7. The lowest BCUT2D eigenvalue weighted by molar-refractivity contribution is -0.128. The van der Waals surface area contributed by atoms with E-state index in [0.717, 1.165) is 50.5 Å². The molecule has 9 heteroatoms. The second-order valence-electron chi connectivity index (χ2n) is 12.0. The molecule has 0 bridgehead atoms. The largest absolute Gasteiger partial charge is 0.444 e. The van der Waals surface area contributed by atoms with Crippen LogP contribution in [0.4, 0.5) is 16.6 Å². The van der Waals surface area contributed by atoms with Crippen molar-refractivity contribution in [1.82, 2.24) is 19.8 Å². The smallest absolute Gasteiger partial charge is 0.416 e. The van der Waals surface area contributed by atoms with Gasteiger partial charge >= 0.3 is 6.09 Å². The zero-order valence-corrected chi connectivity index (χ0v) is 23.6. The Morgan fingerprint density at radius 1 is 1.18 bits per heavy atom. The maximum atomic E-state index is 12.4. The number of benzene rings is 1. The summed E-state index contributed by atoms with van der Waals surface area (Å²) in [4.78, 5) is 39.9. The number of hydrogen-bond acceptors (Lipinski definition) is 7. The molecule has 2 aliphatic heterocycles. The minimum atomic E-state index is -0.367. The molecule has 212 valence electrons. The van der Waals surface area contributed by atoms with Gasteiger partial charge in [-0.15, -0.1) is 0 Å². The average Bonchev–Trinajstić information content (AvgIpc) is 3.72. The SMILES string of the molecule is C=CC(=O)N1CCN(C(CC2CCC2)c2ccc(C3(Nc4ncc5c(n4)N(C(C)C)C(=O)OC5)CC3)cc2)CC1. The van der Waals surface area contributed by atoms with Crippen LogP contribution in [0.3, 0.4) is 0 Å². The van der Waals surface area contributed by atoms with Crippen LogP contribution < -0.4 is 10.2 Å². The Balaban J connectivity index is 1.18. The molecular formula is C31H40N6O3. The summed E-state index contributed by atoms with van der Waals surface area (Å²) in [6, 6.07) is 9.43. The molecule has 1 atom stereocenters. The molecule has 2 amide bonds. The quantitative estimate of drug-likeness (QED) is 0.444. The highest BCUT2D eigenvalue weighted by Gasteiger charge is 2.45. The number of carbonyl (C=O) groups is 2. The summed E-state index contributed by atoms with van der Waals surface area (Å²) >= 11 is 0. The Bertz CT molecular complexity index is 1260. The van der Waals surface area contributed by atoms with E-state index in [9.17, 15) is 9.59 Å². The van der Waals surface area contributed by atoms with Crippen molar-refractivity contribution in [3.63, 3.8) is 0 Å². The molecular weight excluding hydrogens is 504 g/mol. The van der Waals surface area contributed by atoms with Crippen molar-refractivity contribution in [2.24, 2.45) is 5.92 Å². The van der Waals surface area contributed by atoms with Gasteiger partial charge in [0.05, 0.1) is 11.1 Å². The van der Waals surface area contributed by atoms with Crippen LogP contribution >= 0.6 is 0 Å². The number of nitrogens with zero attached hydrogens (tertiary/aromatic N) is 5. The first-order chi connectivity index (χ1) is 19.4. The first-order valence-corrected chi connectivity index (χ1v) is 14.7. The van der Waals surface area contributed by atoms with Crippen molar-refractivity contribution in [1.29, 1.82) is 0 Å². The molecule has 40 heavy (non-hydrogen) atoms. The van der Waals surface area contributed by atoms with Crippen LogP contribution in [0.25, 0.3) is 0 Å². The summed E-state index contributed by atoms with van der Waals surface area (Å²) in [5.74, 6) is 1.98. The van der Waals surface area contributed by atoms with Gasteiger partial charge in [0.2, 0.25) is 11.9 Å². The van der Waals surface area contributed by atoms with Crippen LogP contribution in [0.2, 0.25) is 0 Å². The molecule has 3 heterocycles. The number of amides is 2. The Kier molecular flexibility index (Phi) is 7.25. The van der Waals surface area contributed by atoms with Gasteiger partial charge in [0.25, 0.3) is 0 Å². The van der Waals surface area contributed by atoms with Crippen molar-refractivity contribution >= 4 is 23.8 Å². The fourth-order valence-corrected chi connectivity index (χ4v) is 6.29. The molecule has 3 fully saturated rings. The van der Waals surface area contributed by atoms with Crippen molar-refractivity contribution < 1.29 is 14.3 Å². The van der Waals surface area contributed by atoms with E-state index in [1.807, 2.05) is 18.7 Å². The van der Waals surface area contributed by atoms with Crippen molar-refractivity contribution in [3.05, 3.63) is 59.8 Å². The zero-order chi connectivity index (χ0) is 27.9. The molecule has 0 radical (unpaired) electrons. The third kappa shape index (κ3) is 5.19. The van der Waals surface area contributed by atoms with Gasteiger partial charge < -0.3 is 15.0 Å². The van der Waals surface area contributed by atoms with E-state index >= 15 is 0 Å². The van der Waals surface area contributed by atoms with Crippen LogP contribution in [0.15, 0.2) is 43.1 Å². The fourth-order valence-electron chi connectivity index (χ4n) is 6.29. The van der Waals surface area contributed by atoms with Gasteiger partial charge in [-0.05, 0) is 56.2 Å². The average molecular weight is 545 g/mol. The topological polar surface area (TPSA) is 90.9 Å². The highest BCUT2D eigenvalue weighted by molar-refractivity contribution is 5.89. The highest BCUT2D eigenvalue weighted by atomic mass is 16.6. The first-order valence-electron chi connectivity index (χ1n) is 14.7. The molecule has 2 aromatic rings. The second kappa shape index (κ2) is 10.8. The van der Waals surface area contributed by atoms with E-state index in [1.165, 1.54) is 42.9 Å². The molecule has 1 aromatic heterocycles. The fraction of sp³-hybridized carbons (Fsp3) is 0.548. The van der Waals surface area contributed by atoms with Crippen molar-refractivity contribution in [2.75, 3.05) is 36.4 Å². The Labute approximate surface area is 236 Å². The molecule has 2 saturated carbocycles. The van der Waals surface area contributed by atoms with E-state index in [-0.39, 0.29) is 30.2 Å². The number of rotatable bonds is 9. The van der Waals surface area contributed by atoms with Gasteiger partial charge in [-0.1, -0.05) is 50.1 Å². The number of piperazine rings is 1. The zero-order valence-electron chi connectivity index (χ0n) is 23.6. The van der Waals surface area contributed by atoms with Crippen molar-refractivity contribution in [3.8, 4) is 0 Å². The van der Waals surface area contributed by atoms with Gasteiger partial charge in [-0.3, -0.25) is 14.6 Å². The Morgan fingerprint density at radius 3 is 2.50 bits per heavy atom. The van der Waals surface area contributed by atoms with E-state index in [0.29, 0.717) is 17.8 Å². The summed E-state index contributed by atoms with van der Waals surface area (Å²) in [5, 5.41) is 3.60. The number of nitrogens with one attached hydrogen (secondary N) is 1. The van der Waals surface area contributed by atoms with Crippen molar-refractivity contribution in [2.45, 2.75) is 76.6 Å². The number of aromatic nitrogens is 2. The van der Waals surface area contributed by atoms with Gasteiger partial charge in [0.1, 0.15) is 12.4 Å². The number of fused-ring (bicyclic) bond motifs is 1. The second-order valence-corrected chi connectivity index (χ2v) is 12.0. The third-order valence-corrected chi connectivity index (χ3v) is 9.11. The predicted molar refractivity (Wildman–Crippen MR) is 154 cm³/mol. The summed E-state index contributed by atoms with van der Waals surface area (Å²) < 4.78 is 5.29. The third-order valence-electron chi connectivity index (χ3n) is 9.11. The van der Waals surface area contributed by atoms with E-state index in [2.05, 4.69) is 46.0 Å². The predicted octanol–water partition coefficient (Wildman–Crippen LogP) is 5.00. The monoisotopic (exact) mass is 544 g/mol. The van der Waals surface area contributed by atoms with Crippen LogP contribution in [-0.4, -0.2) is 64.0 Å². The molecule has 4 aliphatic rings. The molecule has 0 spiro atoms. The molecule has 1 unspecified atom stereocenters. The highest BCUT2D eigenvalue weighted by Crippen LogP contribution is 2.48. The van der Waals surface area contributed by atoms with Crippen LogP contribution in [0.1, 0.15) is 75.1 Å². The molecule has 1 aromatic carbocycles. The number of ether oxygens (including phenoxy) is 1. The van der Waals surface area contributed by atoms with Gasteiger partial charge in [0.15, 0.2) is 0 Å². The molecule has 2 aliphatic carbocycles. The number of anilines is 2. The lowest BCUT2D eigenvalue weighted by atomic mass is 9.79. The van der Waals surface area contributed by atoms with Gasteiger partial charge in [0, 0.05) is 44.5 Å². The molecule has 6 rings (SSSR count). The lowest BCUT2D eigenvalue weighted by Crippen LogP contribution is -2.49. The lowest BCUT2D eigenvalue weighted by Gasteiger charge is -2.41. The maximum absolute atomic E-state index is 12.4. The standard InChI is InChI=1S/C31H40N6O3/c1-4-27(38)36-16-14-35(15-17-36)26(18-22-6-5-7-22)23-8-10-25(11-9-23)31(12-13-31)34-29-32-19-24-20-40-30(39)37(21(2)3)28(24)33-29/h4,8-11,19,21-22,26H,1,5-7,12-18,20H2,2-3H3,(H,32,33,34). The number of carbonyl (C=O) groups excluding carboxylic acids is 2. The Morgan fingerprint density at radius 2 is 1.90 bits per heavy atom. The van der Waals surface area contributed by atoms with Crippen LogP contribution in [0, 0.1) is 5.92 Å². The van der Waals surface area contributed by atoms with Gasteiger partial charge in [-0.2, -0.15) is 4.98 Å². The normalized spacial score (nSPS) is 21.3. The molecule has 1 saturated heterocycles. The molecule has 9 nitrogen and oxygen atoms in total. The summed E-state index contributed by atoms with van der Waals surface area (Å²) in [5.41, 5.74) is 3.22. The summed E-state index contributed by atoms with van der Waals surface area (Å²) in [7, 11) is 0. The summed E-state index contributed by atoms with van der Waals surface area (Å²) in [6.07, 6.45) is 10.00. The van der Waals surface area contributed by atoms with E-state index in [4.69, 9.17) is 9.72 Å². The van der Waals surface area contributed by atoms with Crippen LogP contribution in [0.5, 0.6) is 0 Å². The minimum absolute atomic E-state index is 0.0292. The van der Waals surface area contributed by atoms with E-state index < -0.39 is 0 Å². The van der Waals surface area contributed by atoms with Gasteiger partial charge in [-0.25, -0.2) is 9.78 Å². The summed E-state index contributed by atoms with van der Waals surface area (Å²) in [6.45, 7) is 11.0. The van der Waals surface area contributed by atoms with Crippen LogP contribution in [-0.2, 0) is 21.7 Å². The number of hydrogen-bond donors (Lipinski definition) is 1.